The zero-order valence-corrected chi connectivity index (χ0v) is 20.8. The Hall–Kier alpha value is -1.10. The van der Waals surface area contributed by atoms with Crippen LogP contribution in [0.2, 0.25) is 0 Å². The quantitative estimate of drug-likeness (QED) is 0.305. The van der Waals surface area contributed by atoms with E-state index in [1.54, 1.807) is 7.11 Å². The summed E-state index contributed by atoms with van der Waals surface area (Å²) < 4.78 is 10.8. The van der Waals surface area contributed by atoms with Crippen LogP contribution < -0.4 is 15.4 Å². The summed E-state index contributed by atoms with van der Waals surface area (Å²) in [4.78, 5) is 9.45. The Labute approximate surface area is 198 Å². The molecule has 2 heterocycles. The van der Waals surface area contributed by atoms with Crippen LogP contribution in [0.4, 0.5) is 0 Å². The molecule has 3 rings (SSSR count). The minimum atomic E-state index is 0. The highest BCUT2D eigenvalue weighted by molar-refractivity contribution is 14.0. The fraction of sp³-hybridized carbons (Fsp3) is 0.682. The first-order chi connectivity index (χ1) is 14.3. The predicted molar refractivity (Wildman–Crippen MR) is 133 cm³/mol. The van der Waals surface area contributed by atoms with Crippen molar-refractivity contribution in [1.29, 1.82) is 0 Å². The first-order valence-electron chi connectivity index (χ1n) is 10.9. The number of aliphatic imine (C=N–C) groups is 1. The molecule has 30 heavy (non-hydrogen) atoms. The van der Waals surface area contributed by atoms with Crippen molar-refractivity contribution in [1.82, 2.24) is 20.4 Å². The van der Waals surface area contributed by atoms with Crippen LogP contribution in [0.3, 0.4) is 0 Å². The lowest BCUT2D eigenvalue weighted by molar-refractivity contribution is 0.0389. The molecule has 0 aromatic heterocycles. The molecule has 8 heteroatoms. The highest BCUT2D eigenvalue weighted by Gasteiger charge is 2.22. The molecule has 7 nitrogen and oxygen atoms in total. The molecule has 0 spiro atoms. The van der Waals surface area contributed by atoms with Gasteiger partial charge in [0, 0.05) is 39.8 Å². The maximum Gasteiger partial charge on any atom is 0.191 e. The molecule has 170 valence electrons. The summed E-state index contributed by atoms with van der Waals surface area (Å²) in [5.74, 6) is 1.77. The lowest BCUT2D eigenvalue weighted by Gasteiger charge is -2.35. The molecular formula is C22H38IN5O2. The van der Waals surface area contributed by atoms with Crippen LogP contribution in [0.5, 0.6) is 5.75 Å². The SMILES string of the molecule is CN=C(NCCN1CCOCC1)NCC(c1ccc(OC)cc1)N1CCCCC1.I. The summed E-state index contributed by atoms with van der Waals surface area (Å²) in [7, 11) is 3.55. The lowest BCUT2D eigenvalue weighted by Crippen LogP contribution is -2.47. The zero-order chi connectivity index (χ0) is 20.3. The van der Waals surface area contributed by atoms with E-state index in [9.17, 15) is 0 Å². The van der Waals surface area contributed by atoms with Gasteiger partial charge in [0.15, 0.2) is 5.96 Å². The predicted octanol–water partition coefficient (Wildman–Crippen LogP) is 2.34. The number of methoxy groups -OCH3 is 1. The van der Waals surface area contributed by atoms with Crippen LogP contribution in [0.25, 0.3) is 0 Å². The van der Waals surface area contributed by atoms with Crippen LogP contribution in [-0.2, 0) is 4.74 Å². The van der Waals surface area contributed by atoms with Gasteiger partial charge in [-0.2, -0.15) is 0 Å². The van der Waals surface area contributed by atoms with Gasteiger partial charge < -0.3 is 20.1 Å². The van der Waals surface area contributed by atoms with E-state index in [1.807, 2.05) is 7.05 Å². The van der Waals surface area contributed by atoms with Gasteiger partial charge in [-0.05, 0) is 43.6 Å². The van der Waals surface area contributed by atoms with Gasteiger partial charge in [0.05, 0.1) is 26.4 Å². The van der Waals surface area contributed by atoms with Gasteiger partial charge in [-0.15, -0.1) is 24.0 Å². The van der Waals surface area contributed by atoms with Crippen LogP contribution in [-0.4, -0.2) is 88.9 Å². The number of halogens is 1. The highest BCUT2D eigenvalue weighted by atomic mass is 127. The van der Waals surface area contributed by atoms with Crippen molar-refractivity contribution in [2.45, 2.75) is 25.3 Å². The molecule has 1 aromatic rings. The molecule has 2 saturated heterocycles. The second-order valence-electron chi connectivity index (χ2n) is 7.72. The maximum atomic E-state index is 5.42. The van der Waals surface area contributed by atoms with Gasteiger partial charge in [-0.3, -0.25) is 14.8 Å². The lowest BCUT2D eigenvalue weighted by atomic mass is 10.0. The molecular weight excluding hydrogens is 493 g/mol. The number of ether oxygens (including phenoxy) is 2. The van der Waals surface area contributed by atoms with Crippen LogP contribution in [0.15, 0.2) is 29.3 Å². The maximum absolute atomic E-state index is 5.42. The summed E-state index contributed by atoms with van der Waals surface area (Å²) in [5.41, 5.74) is 1.32. The third-order valence-corrected chi connectivity index (χ3v) is 5.84. The van der Waals surface area contributed by atoms with Gasteiger partial charge in [-0.1, -0.05) is 18.6 Å². The first-order valence-corrected chi connectivity index (χ1v) is 10.9. The zero-order valence-electron chi connectivity index (χ0n) is 18.4. The Morgan fingerprint density at radius 3 is 2.40 bits per heavy atom. The number of guanidine groups is 1. The van der Waals surface area contributed by atoms with E-state index in [0.29, 0.717) is 6.04 Å². The summed E-state index contributed by atoms with van der Waals surface area (Å²) in [6, 6.07) is 8.82. The number of nitrogens with zero attached hydrogens (tertiary/aromatic N) is 3. The van der Waals surface area contributed by atoms with Gasteiger partial charge in [-0.25, -0.2) is 0 Å². The Bertz CT molecular complexity index is 616. The van der Waals surface area contributed by atoms with Crippen molar-refractivity contribution in [3.63, 3.8) is 0 Å². The van der Waals surface area contributed by atoms with Crippen molar-refractivity contribution >= 4 is 29.9 Å². The average Bonchev–Trinajstić information content (AvgIpc) is 2.80. The van der Waals surface area contributed by atoms with Crippen molar-refractivity contribution in [3.8, 4) is 5.75 Å². The Morgan fingerprint density at radius 1 is 1.07 bits per heavy atom. The minimum Gasteiger partial charge on any atom is -0.497 e. The van der Waals surface area contributed by atoms with Crippen molar-refractivity contribution < 1.29 is 9.47 Å². The smallest absolute Gasteiger partial charge is 0.191 e. The van der Waals surface area contributed by atoms with Crippen LogP contribution in [0, 0.1) is 0 Å². The van der Waals surface area contributed by atoms with Crippen LogP contribution in [0.1, 0.15) is 30.9 Å². The van der Waals surface area contributed by atoms with Gasteiger partial charge in [0.2, 0.25) is 0 Å². The van der Waals surface area contributed by atoms with Crippen LogP contribution >= 0.6 is 24.0 Å². The number of morpholine rings is 1. The molecule has 2 N–H and O–H groups in total. The Kier molecular flexibility index (Phi) is 11.8. The van der Waals surface area contributed by atoms with Gasteiger partial charge in [0.1, 0.15) is 5.75 Å². The van der Waals surface area contributed by atoms with E-state index in [1.165, 1.54) is 24.8 Å². The molecule has 1 atom stereocenters. The second kappa shape index (κ2) is 14.1. The fourth-order valence-electron chi connectivity index (χ4n) is 4.09. The summed E-state index contributed by atoms with van der Waals surface area (Å²) in [5, 5.41) is 7.02. The second-order valence-corrected chi connectivity index (χ2v) is 7.72. The molecule has 0 radical (unpaired) electrons. The van der Waals surface area contributed by atoms with Crippen molar-refractivity contribution in [3.05, 3.63) is 29.8 Å². The molecule has 1 unspecified atom stereocenters. The minimum absolute atomic E-state index is 0. The van der Waals surface area contributed by atoms with Gasteiger partial charge >= 0.3 is 0 Å². The summed E-state index contributed by atoms with van der Waals surface area (Å²) in [6.45, 7) is 8.75. The van der Waals surface area contributed by atoms with E-state index in [0.717, 1.165) is 70.7 Å². The molecule has 0 bridgehead atoms. The topological polar surface area (TPSA) is 61.4 Å². The Balaban J connectivity index is 0.00000320. The third-order valence-electron chi connectivity index (χ3n) is 5.84. The normalized spacial score (nSPS) is 19.6. The van der Waals surface area contributed by atoms with Crippen molar-refractivity contribution in [2.24, 2.45) is 4.99 Å². The fourth-order valence-corrected chi connectivity index (χ4v) is 4.09. The molecule has 2 aliphatic rings. The largest absolute Gasteiger partial charge is 0.497 e. The number of likely N-dealkylation sites (tertiary alicyclic amines) is 1. The number of benzene rings is 1. The average molecular weight is 531 g/mol. The number of hydrogen-bond acceptors (Lipinski definition) is 5. The number of hydrogen-bond donors (Lipinski definition) is 2. The number of nitrogens with one attached hydrogen (secondary N) is 2. The van der Waals surface area contributed by atoms with E-state index >= 15 is 0 Å². The monoisotopic (exact) mass is 531 g/mol. The van der Waals surface area contributed by atoms with E-state index in [2.05, 4.69) is 49.7 Å². The van der Waals surface area contributed by atoms with Gasteiger partial charge in [0.25, 0.3) is 0 Å². The number of piperidine rings is 1. The summed E-state index contributed by atoms with van der Waals surface area (Å²) in [6.07, 6.45) is 3.89. The standard InChI is InChI=1S/C22H37N5O2.HI/c1-23-22(24-10-13-26-14-16-29-17-15-26)25-18-21(27-11-4-3-5-12-27)19-6-8-20(28-2)9-7-19;/h6-9,21H,3-5,10-18H2,1-2H3,(H2,23,24,25);1H. The van der Waals surface area contributed by atoms with E-state index < -0.39 is 0 Å². The van der Waals surface area contributed by atoms with Crippen molar-refractivity contribution in [2.75, 3.05) is 73.2 Å². The third kappa shape index (κ3) is 7.86. The van der Waals surface area contributed by atoms with E-state index in [-0.39, 0.29) is 24.0 Å². The highest BCUT2D eigenvalue weighted by Crippen LogP contribution is 2.25. The number of rotatable bonds is 8. The van der Waals surface area contributed by atoms with E-state index in [4.69, 9.17) is 9.47 Å². The molecule has 1 aromatic carbocycles. The first kappa shape index (κ1) is 25.2. The molecule has 0 saturated carbocycles. The molecule has 2 fully saturated rings. The molecule has 2 aliphatic heterocycles. The summed E-state index contributed by atoms with van der Waals surface area (Å²) >= 11 is 0. The molecule has 0 amide bonds. The Morgan fingerprint density at radius 2 is 1.77 bits per heavy atom. The molecule has 0 aliphatic carbocycles.